The van der Waals surface area contributed by atoms with Gasteiger partial charge in [0.2, 0.25) is 0 Å². The van der Waals surface area contributed by atoms with Gasteiger partial charge in [0.15, 0.2) is 0 Å². The van der Waals surface area contributed by atoms with Crippen LogP contribution in [-0.4, -0.2) is 54.9 Å². The van der Waals surface area contributed by atoms with Crippen LogP contribution in [-0.2, 0) is 11.3 Å². The number of carboxylic acid groups (broad SMARTS) is 1. The highest BCUT2D eigenvalue weighted by Crippen LogP contribution is 2.36. The Morgan fingerprint density at radius 3 is 2.59 bits per heavy atom. The van der Waals surface area contributed by atoms with Crippen molar-refractivity contribution in [3.05, 3.63) is 29.0 Å². The number of hydrogen-bond donors (Lipinski definition) is 1. The summed E-state index contributed by atoms with van der Waals surface area (Å²) in [6, 6.07) is 4.36. The molecule has 6 nitrogen and oxygen atoms in total. The lowest BCUT2D eigenvalue weighted by Gasteiger charge is -2.36. The number of aromatic carboxylic acids is 1. The van der Waals surface area contributed by atoms with E-state index in [4.69, 9.17) is 9.15 Å². The minimum atomic E-state index is -0.886. The number of piperidine rings is 1. The Kier molecular flexibility index (Phi) is 6.11. The molecule has 2 saturated heterocycles. The average molecular weight is 401 g/mol. The zero-order chi connectivity index (χ0) is 20.4. The molecule has 0 saturated carbocycles. The largest absolute Gasteiger partial charge is 0.478 e. The molecule has 2 aliphatic rings. The molecule has 1 aromatic carbocycles. The standard InChI is InChI=1S/C23H32N2O4/c1-3-25(17-7-11-28-12-8-17)20-14-21-19(22(16(20)2)23(26)27)13-18(29-21)15-24-9-5-4-6-10-24/h13-14,17H,3-12,15H2,1-2H3,(H,26,27). The Balaban J connectivity index is 1.72. The van der Waals surface area contributed by atoms with E-state index in [0.717, 1.165) is 69.2 Å². The molecular formula is C23H32N2O4. The smallest absolute Gasteiger partial charge is 0.336 e. The molecule has 0 bridgehead atoms. The Hall–Kier alpha value is -2.05. The van der Waals surface area contributed by atoms with Gasteiger partial charge >= 0.3 is 5.97 Å². The first-order valence-electron chi connectivity index (χ1n) is 10.9. The zero-order valence-corrected chi connectivity index (χ0v) is 17.6. The van der Waals surface area contributed by atoms with Crippen LogP contribution in [0, 0.1) is 6.92 Å². The molecule has 6 heteroatoms. The Morgan fingerprint density at radius 1 is 1.21 bits per heavy atom. The van der Waals surface area contributed by atoms with Crippen molar-refractivity contribution in [3.63, 3.8) is 0 Å². The van der Waals surface area contributed by atoms with Crippen molar-refractivity contribution in [2.75, 3.05) is 37.7 Å². The summed E-state index contributed by atoms with van der Waals surface area (Å²) in [7, 11) is 0. The van der Waals surface area contributed by atoms with E-state index < -0.39 is 5.97 Å². The number of carbonyl (C=O) groups is 1. The monoisotopic (exact) mass is 400 g/mol. The Morgan fingerprint density at radius 2 is 1.93 bits per heavy atom. The second-order valence-corrected chi connectivity index (χ2v) is 8.29. The highest BCUT2D eigenvalue weighted by molar-refractivity contribution is 6.06. The number of carboxylic acids is 1. The van der Waals surface area contributed by atoms with E-state index in [0.29, 0.717) is 22.6 Å². The minimum absolute atomic E-state index is 0.370. The van der Waals surface area contributed by atoms with Gasteiger partial charge in [-0.1, -0.05) is 6.42 Å². The van der Waals surface area contributed by atoms with Crippen LogP contribution in [0.2, 0.25) is 0 Å². The molecule has 0 amide bonds. The van der Waals surface area contributed by atoms with E-state index >= 15 is 0 Å². The fourth-order valence-electron chi connectivity index (χ4n) is 4.93. The van der Waals surface area contributed by atoms with E-state index in [1.54, 1.807) is 0 Å². The van der Waals surface area contributed by atoms with Crippen LogP contribution in [0.1, 0.15) is 60.7 Å². The lowest BCUT2D eigenvalue weighted by atomic mass is 9.98. The maximum absolute atomic E-state index is 12.2. The predicted molar refractivity (Wildman–Crippen MR) is 114 cm³/mol. The lowest BCUT2D eigenvalue weighted by Crippen LogP contribution is -2.40. The molecule has 4 rings (SSSR count). The molecule has 1 N–H and O–H groups in total. The first kappa shape index (κ1) is 20.2. The van der Waals surface area contributed by atoms with Crippen LogP contribution in [0.15, 0.2) is 16.5 Å². The number of fused-ring (bicyclic) bond motifs is 1. The molecular weight excluding hydrogens is 368 g/mol. The van der Waals surface area contributed by atoms with Crippen molar-refractivity contribution >= 4 is 22.6 Å². The number of anilines is 1. The van der Waals surface area contributed by atoms with Gasteiger partial charge in [-0.2, -0.15) is 0 Å². The quantitative estimate of drug-likeness (QED) is 0.774. The number of nitrogens with zero attached hydrogens (tertiary/aromatic N) is 2. The molecule has 2 aromatic rings. The summed E-state index contributed by atoms with van der Waals surface area (Å²) in [5, 5.41) is 10.7. The number of ether oxygens (including phenoxy) is 1. The summed E-state index contributed by atoms with van der Waals surface area (Å²) >= 11 is 0. The highest BCUT2D eigenvalue weighted by Gasteiger charge is 2.26. The van der Waals surface area contributed by atoms with Gasteiger partial charge in [0.05, 0.1) is 12.1 Å². The zero-order valence-electron chi connectivity index (χ0n) is 17.6. The molecule has 0 radical (unpaired) electrons. The first-order chi connectivity index (χ1) is 14.1. The van der Waals surface area contributed by atoms with E-state index in [1.165, 1.54) is 19.3 Å². The normalized spacial score (nSPS) is 19.0. The van der Waals surface area contributed by atoms with Gasteiger partial charge in [-0.05, 0) is 64.3 Å². The molecule has 0 unspecified atom stereocenters. The van der Waals surface area contributed by atoms with Crippen molar-refractivity contribution in [1.29, 1.82) is 0 Å². The van der Waals surface area contributed by atoms with E-state index in [-0.39, 0.29) is 0 Å². The summed E-state index contributed by atoms with van der Waals surface area (Å²) < 4.78 is 11.7. The SMILES string of the molecule is CCN(c1cc2oc(CN3CCCCC3)cc2c(C(=O)O)c1C)C1CCOCC1. The van der Waals surface area contributed by atoms with Crippen LogP contribution < -0.4 is 4.90 Å². The van der Waals surface area contributed by atoms with Gasteiger partial charge in [0.1, 0.15) is 11.3 Å². The van der Waals surface area contributed by atoms with Gasteiger partial charge in [-0.25, -0.2) is 4.79 Å². The molecule has 0 spiro atoms. The minimum Gasteiger partial charge on any atom is -0.478 e. The van der Waals surface area contributed by atoms with E-state index in [9.17, 15) is 9.90 Å². The molecule has 0 aliphatic carbocycles. The van der Waals surface area contributed by atoms with Crippen molar-refractivity contribution in [3.8, 4) is 0 Å². The fourth-order valence-corrected chi connectivity index (χ4v) is 4.93. The Bertz CT molecular complexity index is 863. The lowest BCUT2D eigenvalue weighted by molar-refractivity contribution is 0.0698. The van der Waals surface area contributed by atoms with Crippen molar-refractivity contribution < 1.29 is 19.1 Å². The number of benzene rings is 1. The predicted octanol–water partition coefficient (Wildman–Crippen LogP) is 4.43. The van der Waals surface area contributed by atoms with Gasteiger partial charge in [-0.15, -0.1) is 0 Å². The van der Waals surface area contributed by atoms with Gasteiger partial charge in [0, 0.05) is 42.9 Å². The molecule has 3 heterocycles. The molecule has 29 heavy (non-hydrogen) atoms. The number of likely N-dealkylation sites (tertiary alicyclic amines) is 1. The van der Waals surface area contributed by atoms with Gasteiger partial charge < -0.3 is 19.2 Å². The molecule has 2 aliphatic heterocycles. The average Bonchev–Trinajstić information content (AvgIpc) is 3.11. The number of rotatable bonds is 6. The van der Waals surface area contributed by atoms with Gasteiger partial charge in [0.25, 0.3) is 0 Å². The summed E-state index contributed by atoms with van der Waals surface area (Å²) in [5.74, 6) is -0.0298. The maximum atomic E-state index is 12.2. The van der Waals surface area contributed by atoms with Gasteiger partial charge in [-0.3, -0.25) is 4.90 Å². The molecule has 158 valence electrons. The van der Waals surface area contributed by atoms with Crippen molar-refractivity contribution in [1.82, 2.24) is 4.90 Å². The van der Waals surface area contributed by atoms with Crippen LogP contribution in [0.5, 0.6) is 0 Å². The Labute approximate surface area is 172 Å². The van der Waals surface area contributed by atoms with Crippen LogP contribution in [0.3, 0.4) is 0 Å². The summed E-state index contributed by atoms with van der Waals surface area (Å²) in [5.41, 5.74) is 2.85. The van der Waals surface area contributed by atoms with Crippen LogP contribution >= 0.6 is 0 Å². The van der Waals surface area contributed by atoms with Crippen molar-refractivity contribution in [2.24, 2.45) is 0 Å². The molecule has 2 fully saturated rings. The summed E-state index contributed by atoms with van der Waals surface area (Å²) in [4.78, 5) is 16.9. The van der Waals surface area contributed by atoms with E-state index in [2.05, 4.69) is 22.8 Å². The second kappa shape index (κ2) is 8.76. The number of hydrogen-bond acceptors (Lipinski definition) is 5. The third-order valence-corrected chi connectivity index (χ3v) is 6.43. The van der Waals surface area contributed by atoms with E-state index in [1.807, 2.05) is 13.0 Å². The maximum Gasteiger partial charge on any atom is 0.336 e. The number of furan rings is 1. The van der Waals surface area contributed by atoms with Crippen molar-refractivity contribution in [2.45, 2.75) is 58.5 Å². The summed E-state index contributed by atoms with van der Waals surface area (Å²) in [6.45, 7) is 9.32. The molecule has 0 atom stereocenters. The topological polar surface area (TPSA) is 66.2 Å². The second-order valence-electron chi connectivity index (χ2n) is 8.29. The first-order valence-corrected chi connectivity index (χ1v) is 10.9. The third kappa shape index (κ3) is 4.14. The molecule has 1 aromatic heterocycles. The van der Waals surface area contributed by atoms with Crippen LogP contribution in [0.25, 0.3) is 11.0 Å². The highest BCUT2D eigenvalue weighted by atomic mass is 16.5. The summed E-state index contributed by atoms with van der Waals surface area (Å²) in [6.07, 6.45) is 5.67. The third-order valence-electron chi connectivity index (χ3n) is 6.43. The fraction of sp³-hybridized carbons (Fsp3) is 0.609. The van der Waals surface area contributed by atoms with Crippen LogP contribution in [0.4, 0.5) is 5.69 Å².